The smallest absolute Gasteiger partial charge is 0.0210 e. The molecule has 1 aliphatic rings. The molecule has 0 heterocycles. The van der Waals surface area contributed by atoms with Gasteiger partial charge < -0.3 is 5.73 Å². The standard InChI is InChI=1S/C12H16BrN/c1-2-12(14)7-6-9-4-3-5-11(13)10(9)8-12/h3-5H,2,6-8,14H2,1H3. The summed E-state index contributed by atoms with van der Waals surface area (Å²) in [7, 11) is 0. The quantitative estimate of drug-likeness (QED) is 0.819. The summed E-state index contributed by atoms with van der Waals surface area (Å²) in [4.78, 5) is 0. The third-order valence-electron chi connectivity index (χ3n) is 3.34. The molecule has 2 heteroatoms. The summed E-state index contributed by atoms with van der Waals surface area (Å²) in [6.45, 7) is 2.18. The summed E-state index contributed by atoms with van der Waals surface area (Å²) < 4.78 is 1.22. The van der Waals surface area contributed by atoms with Crippen LogP contribution >= 0.6 is 15.9 Å². The second kappa shape index (κ2) is 3.67. The Bertz CT molecular complexity index is 348. The van der Waals surface area contributed by atoms with Gasteiger partial charge in [-0.3, -0.25) is 0 Å². The second-order valence-corrected chi connectivity index (χ2v) is 5.12. The van der Waals surface area contributed by atoms with Crippen LogP contribution in [0.4, 0.5) is 0 Å². The highest BCUT2D eigenvalue weighted by atomic mass is 79.9. The number of aryl methyl sites for hydroxylation is 1. The van der Waals surface area contributed by atoms with E-state index in [9.17, 15) is 0 Å². The maximum atomic E-state index is 6.32. The van der Waals surface area contributed by atoms with Crippen LogP contribution in [-0.2, 0) is 12.8 Å². The van der Waals surface area contributed by atoms with Crippen LogP contribution in [0.2, 0.25) is 0 Å². The molecule has 1 nitrogen and oxygen atoms in total. The normalized spacial score (nSPS) is 25.9. The third kappa shape index (κ3) is 1.73. The predicted molar refractivity (Wildman–Crippen MR) is 63.4 cm³/mol. The number of hydrogen-bond donors (Lipinski definition) is 1. The van der Waals surface area contributed by atoms with Crippen molar-refractivity contribution in [3.8, 4) is 0 Å². The van der Waals surface area contributed by atoms with Crippen molar-refractivity contribution in [2.24, 2.45) is 5.73 Å². The molecule has 0 saturated heterocycles. The molecule has 1 aliphatic carbocycles. The van der Waals surface area contributed by atoms with Gasteiger partial charge in [0.1, 0.15) is 0 Å². The summed E-state index contributed by atoms with van der Waals surface area (Å²) in [5.74, 6) is 0. The molecule has 2 rings (SSSR count). The molecule has 14 heavy (non-hydrogen) atoms. The van der Waals surface area contributed by atoms with E-state index >= 15 is 0 Å². The summed E-state index contributed by atoms with van der Waals surface area (Å²) in [6.07, 6.45) is 4.32. The summed E-state index contributed by atoms with van der Waals surface area (Å²) in [6, 6.07) is 6.44. The Morgan fingerprint density at radius 1 is 1.50 bits per heavy atom. The zero-order chi connectivity index (χ0) is 10.2. The van der Waals surface area contributed by atoms with Gasteiger partial charge in [-0.25, -0.2) is 0 Å². The van der Waals surface area contributed by atoms with E-state index in [2.05, 4.69) is 41.1 Å². The number of benzene rings is 1. The molecule has 1 aromatic carbocycles. The van der Waals surface area contributed by atoms with Gasteiger partial charge in [-0.1, -0.05) is 35.0 Å². The van der Waals surface area contributed by atoms with E-state index in [1.165, 1.54) is 15.6 Å². The first-order valence-corrected chi connectivity index (χ1v) is 5.99. The largest absolute Gasteiger partial charge is 0.325 e. The van der Waals surface area contributed by atoms with Crippen LogP contribution in [0, 0.1) is 0 Å². The van der Waals surface area contributed by atoms with Gasteiger partial charge in [0, 0.05) is 10.0 Å². The molecule has 0 aromatic heterocycles. The van der Waals surface area contributed by atoms with E-state index in [0.717, 1.165) is 25.7 Å². The van der Waals surface area contributed by atoms with Gasteiger partial charge >= 0.3 is 0 Å². The molecule has 0 bridgehead atoms. The second-order valence-electron chi connectivity index (χ2n) is 4.27. The summed E-state index contributed by atoms with van der Waals surface area (Å²) in [5.41, 5.74) is 9.23. The molecule has 0 spiro atoms. The van der Waals surface area contributed by atoms with E-state index in [4.69, 9.17) is 5.73 Å². The van der Waals surface area contributed by atoms with E-state index in [1.807, 2.05) is 0 Å². The highest BCUT2D eigenvalue weighted by molar-refractivity contribution is 9.10. The SMILES string of the molecule is CCC1(N)CCc2cccc(Br)c2C1. The average molecular weight is 254 g/mol. The molecular weight excluding hydrogens is 238 g/mol. The van der Waals surface area contributed by atoms with Gasteiger partial charge in [-0.15, -0.1) is 0 Å². The Balaban J connectivity index is 2.38. The molecular formula is C12H16BrN. The van der Waals surface area contributed by atoms with E-state index in [1.54, 1.807) is 0 Å². The van der Waals surface area contributed by atoms with Crippen molar-refractivity contribution in [2.45, 2.75) is 38.1 Å². The van der Waals surface area contributed by atoms with Gasteiger partial charge in [-0.2, -0.15) is 0 Å². The van der Waals surface area contributed by atoms with Crippen LogP contribution in [0.3, 0.4) is 0 Å². The minimum atomic E-state index is 0.0247. The lowest BCUT2D eigenvalue weighted by molar-refractivity contribution is 0.359. The Morgan fingerprint density at radius 3 is 3.00 bits per heavy atom. The van der Waals surface area contributed by atoms with Crippen LogP contribution in [0.25, 0.3) is 0 Å². The highest BCUT2D eigenvalue weighted by Crippen LogP contribution is 2.33. The topological polar surface area (TPSA) is 26.0 Å². The number of rotatable bonds is 1. The zero-order valence-electron chi connectivity index (χ0n) is 8.52. The fourth-order valence-electron chi connectivity index (χ4n) is 2.16. The van der Waals surface area contributed by atoms with Gasteiger partial charge in [0.15, 0.2) is 0 Å². The minimum Gasteiger partial charge on any atom is -0.325 e. The first-order valence-electron chi connectivity index (χ1n) is 5.20. The van der Waals surface area contributed by atoms with E-state index < -0.39 is 0 Å². The zero-order valence-corrected chi connectivity index (χ0v) is 10.1. The molecule has 2 N–H and O–H groups in total. The van der Waals surface area contributed by atoms with Crippen molar-refractivity contribution in [2.75, 3.05) is 0 Å². The molecule has 0 saturated carbocycles. The lowest BCUT2D eigenvalue weighted by atomic mass is 9.77. The molecule has 1 unspecified atom stereocenters. The number of hydrogen-bond acceptors (Lipinski definition) is 1. The lowest BCUT2D eigenvalue weighted by Crippen LogP contribution is -2.44. The highest BCUT2D eigenvalue weighted by Gasteiger charge is 2.29. The van der Waals surface area contributed by atoms with Crippen molar-refractivity contribution in [3.63, 3.8) is 0 Å². The Morgan fingerprint density at radius 2 is 2.29 bits per heavy atom. The lowest BCUT2D eigenvalue weighted by Gasteiger charge is -2.34. The van der Waals surface area contributed by atoms with Gasteiger partial charge in [0.25, 0.3) is 0 Å². The third-order valence-corrected chi connectivity index (χ3v) is 4.08. The van der Waals surface area contributed by atoms with E-state index in [0.29, 0.717) is 0 Å². The average Bonchev–Trinajstić information content (AvgIpc) is 2.20. The molecule has 0 amide bonds. The maximum absolute atomic E-state index is 6.32. The van der Waals surface area contributed by atoms with Crippen LogP contribution in [0.1, 0.15) is 30.9 Å². The Labute approximate surface area is 93.8 Å². The number of fused-ring (bicyclic) bond motifs is 1. The minimum absolute atomic E-state index is 0.0247. The Kier molecular flexibility index (Phi) is 2.67. The molecule has 1 aromatic rings. The van der Waals surface area contributed by atoms with Crippen LogP contribution in [-0.4, -0.2) is 5.54 Å². The number of nitrogens with two attached hydrogens (primary N) is 1. The maximum Gasteiger partial charge on any atom is 0.0210 e. The fourth-order valence-corrected chi connectivity index (χ4v) is 2.71. The monoisotopic (exact) mass is 253 g/mol. The first kappa shape index (κ1) is 10.2. The fraction of sp³-hybridized carbons (Fsp3) is 0.500. The van der Waals surface area contributed by atoms with Crippen molar-refractivity contribution in [1.82, 2.24) is 0 Å². The predicted octanol–water partition coefficient (Wildman–Crippen LogP) is 3.05. The number of halogens is 1. The van der Waals surface area contributed by atoms with Crippen molar-refractivity contribution in [1.29, 1.82) is 0 Å². The van der Waals surface area contributed by atoms with Crippen molar-refractivity contribution >= 4 is 15.9 Å². The molecule has 0 aliphatic heterocycles. The Hall–Kier alpha value is -0.340. The molecule has 0 radical (unpaired) electrons. The van der Waals surface area contributed by atoms with Crippen LogP contribution < -0.4 is 5.73 Å². The molecule has 1 atom stereocenters. The van der Waals surface area contributed by atoms with E-state index in [-0.39, 0.29) is 5.54 Å². The van der Waals surface area contributed by atoms with Crippen molar-refractivity contribution < 1.29 is 0 Å². The molecule has 76 valence electrons. The van der Waals surface area contributed by atoms with Crippen LogP contribution in [0.15, 0.2) is 22.7 Å². The van der Waals surface area contributed by atoms with Crippen LogP contribution in [0.5, 0.6) is 0 Å². The van der Waals surface area contributed by atoms with Gasteiger partial charge in [0.2, 0.25) is 0 Å². The summed E-state index contributed by atoms with van der Waals surface area (Å²) in [5, 5.41) is 0. The van der Waals surface area contributed by atoms with Crippen molar-refractivity contribution in [3.05, 3.63) is 33.8 Å². The first-order chi connectivity index (χ1) is 6.64. The molecule has 0 fully saturated rings. The van der Waals surface area contributed by atoms with Gasteiger partial charge in [0.05, 0.1) is 0 Å². The van der Waals surface area contributed by atoms with Gasteiger partial charge in [-0.05, 0) is 42.9 Å². The summed E-state index contributed by atoms with van der Waals surface area (Å²) >= 11 is 3.61.